The van der Waals surface area contributed by atoms with Gasteiger partial charge in [0.05, 0.1) is 0 Å². The van der Waals surface area contributed by atoms with Crippen molar-refractivity contribution in [3.8, 4) is 5.75 Å². The van der Waals surface area contributed by atoms with Crippen molar-refractivity contribution in [3.05, 3.63) is 17.7 Å². The van der Waals surface area contributed by atoms with E-state index in [4.69, 9.17) is 0 Å². The van der Waals surface area contributed by atoms with Crippen molar-refractivity contribution < 1.29 is 5.11 Å². The zero-order valence-electron chi connectivity index (χ0n) is 8.22. The molecule has 0 bridgehead atoms. The van der Waals surface area contributed by atoms with Gasteiger partial charge in [0, 0.05) is 0 Å². The van der Waals surface area contributed by atoms with Crippen LogP contribution in [0.15, 0.2) is 17.1 Å². The molecule has 0 spiro atoms. The van der Waals surface area contributed by atoms with Gasteiger partial charge in [0.25, 0.3) is 0 Å². The summed E-state index contributed by atoms with van der Waals surface area (Å²) in [5, 5.41) is 9.81. The van der Waals surface area contributed by atoms with Crippen LogP contribution in [0.25, 0.3) is 0 Å². The van der Waals surface area contributed by atoms with E-state index >= 15 is 0 Å². The molecule has 0 atom stereocenters. The van der Waals surface area contributed by atoms with E-state index < -0.39 is 0 Å². The molecule has 0 aromatic heterocycles. The minimum absolute atomic E-state index is 0.327. The quantitative estimate of drug-likeness (QED) is 0.570. The summed E-state index contributed by atoms with van der Waals surface area (Å²) in [5.41, 5.74) is 0.815. The molecule has 1 fully saturated rings. The number of nitrogens with zero attached hydrogens (tertiary/aromatic N) is 1. The van der Waals surface area contributed by atoms with Crippen molar-refractivity contribution in [2.75, 3.05) is 0 Å². The van der Waals surface area contributed by atoms with Crippen LogP contribution >= 0.6 is 0 Å². The van der Waals surface area contributed by atoms with Gasteiger partial charge in [-0.15, -0.1) is 0 Å². The molecule has 0 unspecified atom stereocenters. The molecule has 1 saturated carbocycles. The van der Waals surface area contributed by atoms with Crippen LogP contribution in [0.5, 0.6) is 5.75 Å². The van der Waals surface area contributed by atoms with Gasteiger partial charge in [-0.05, 0) is 0 Å². The number of aromatic hydroxyl groups is 1. The van der Waals surface area contributed by atoms with Crippen LogP contribution in [0.3, 0.4) is 0 Å². The second-order valence-corrected chi connectivity index (χ2v) is 5.86. The van der Waals surface area contributed by atoms with E-state index in [2.05, 4.69) is 37.0 Å². The Hall–Kier alpha value is -0.271. The SMILES string of the molecule is Oc1c([SeH])cc([SeH])cc1C=NC1CCC1. The molecule has 0 radical (unpaired) electrons. The van der Waals surface area contributed by atoms with Crippen molar-refractivity contribution in [2.45, 2.75) is 25.3 Å². The fraction of sp³-hybridized carbons (Fsp3) is 0.364. The normalized spacial score (nSPS) is 16.9. The summed E-state index contributed by atoms with van der Waals surface area (Å²) >= 11 is 4.86. The monoisotopic (exact) mass is 335 g/mol. The molecule has 1 aliphatic carbocycles. The average Bonchev–Trinajstić information content (AvgIpc) is 2.10. The van der Waals surface area contributed by atoms with E-state index in [1.54, 1.807) is 6.21 Å². The number of phenols is 1. The van der Waals surface area contributed by atoms with Crippen molar-refractivity contribution in [1.82, 2.24) is 0 Å². The first kappa shape index (κ1) is 11.2. The van der Waals surface area contributed by atoms with E-state index in [-0.39, 0.29) is 0 Å². The van der Waals surface area contributed by atoms with Gasteiger partial charge in [-0.3, -0.25) is 0 Å². The van der Waals surface area contributed by atoms with Crippen LogP contribution in [0.2, 0.25) is 0 Å². The van der Waals surface area contributed by atoms with Crippen molar-refractivity contribution >= 4 is 47.2 Å². The maximum absolute atomic E-state index is 9.81. The Kier molecular flexibility index (Phi) is 3.52. The molecule has 15 heavy (non-hydrogen) atoms. The molecule has 1 aromatic rings. The van der Waals surface area contributed by atoms with Gasteiger partial charge in [-0.2, -0.15) is 0 Å². The number of rotatable bonds is 2. The first-order chi connectivity index (χ1) is 7.16. The molecular formula is C11H13NOSe2. The fourth-order valence-corrected chi connectivity index (χ4v) is 3.05. The Labute approximate surface area is 106 Å². The molecule has 1 aliphatic rings. The summed E-state index contributed by atoms with van der Waals surface area (Å²) in [5.74, 6) is 0.327. The Morgan fingerprint density at radius 1 is 1.33 bits per heavy atom. The topological polar surface area (TPSA) is 32.6 Å². The predicted molar refractivity (Wildman–Crippen MR) is 66.9 cm³/mol. The number of hydrogen-bond donors (Lipinski definition) is 1. The molecule has 4 heteroatoms. The second-order valence-electron chi connectivity index (χ2n) is 3.77. The molecule has 0 amide bonds. The molecule has 2 nitrogen and oxygen atoms in total. The van der Waals surface area contributed by atoms with Crippen molar-refractivity contribution in [3.63, 3.8) is 0 Å². The summed E-state index contributed by atoms with van der Waals surface area (Å²) in [6, 6.07) is 4.35. The summed E-state index contributed by atoms with van der Waals surface area (Å²) in [6.45, 7) is 0. The van der Waals surface area contributed by atoms with Crippen molar-refractivity contribution in [1.29, 1.82) is 0 Å². The van der Waals surface area contributed by atoms with Gasteiger partial charge < -0.3 is 0 Å². The van der Waals surface area contributed by atoms with Gasteiger partial charge in [0.15, 0.2) is 0 Å². The molecule has 1 aromatic carbocycles. The summed E-state index contributed by atoms with van der Waals surface area (Å²) < 4.78 is 1.93. The first-order valence-corrected chi connectivity index (χ1v) is 6.82. The fourth-order valence-electron chi connectivity index (χ4n) is 1.45. The number of hydrogen-bond acceptors (Lipinski definition) is 2. The molecular weight excluding hydrogens is 320 g/mol. The van der Waals surface area contributed by atoms with Crippen LogP contribution < -0.4 is 8.92 Å². The number of phenolic OH excluding ortho intramolecular Hbond substituents is 1. The first-order valence-electron chi connectivity index (χ1n) is 4.95. The molecule has 0 heterocycles. The van der Waals surface area contributed by atoms with E-state index in [0.29, 0.717) is 11.8 Å². The van der Waals surface area contributed by atoms with Gasteiger partial charge in [-0.25, -0.2) is 0 Å². The second kappa shape index (κ2) is 4.71. The van der Waals surface area contributed by atoms with Crippen molar-refractivity contribution in [2.24, 2.45) is 4.99 Å². The summed E-state index contributed by atoms with van der Waals surface area (Å²) in [6.07, 6.45) is 5.46. The van der Waals surface area contributed by atoms with Crippen LogP contribution in [0.4, 0.5) is 0 Å². The van der Waals surface area contributed by atoms with Crippen LogP contribution in [0, 0.1) is 0 Å². The summed E-state index contributed by atoms with van der Waals surface area (Å²) in [7, 11) is 0. The van der Waals surface area contributed by atoms with E-state index in [9.17, 15) is 5.11 Å². The van der Waals surface area contributed by atoms with Crippen LogP contribution in [-0.4, -0.2) is 49.4 Å². The Morgan fingerprint density at radius 3 is 2.67 bits per heavy atom. The standard InChI is InChI=1S/C11H13NOSe2/c13-11-7(4-9(14)5-10(11)15)6-12-8-2-1-3-8/h4-6,8,13-15H,1-3H2. The van der Waals surface area contributed by atoms with Gasteiger partial charge in [0.1, 0.15) is 0 Å². The number of benzene rings is 1. The zero-order chi connectivity index (χ0) is 10.8. The van der Waals surface area contributed by atoms with Crippen LogP contribution in [-0.2, 0) is 0 Å². The third kappa shape index (κ3) is 2.64. The van der Waals surface area contributed by atoms with Gasteiger partial charge in [0.2, 0.25) is 0 Å². The Bertz CT molecular complexity index is 400. The Balaban J connectivity index is 2.22. The minimum atomic E-state index is 0.327. The molecule has 1 N–H and O–H groups in total. The molecule has 80 valence electrons. The number of aliphatic imine (C=N–C) groups is 1. The molecule has 0 saturated heterocycles. The zero-order valence-corrected chi connectivity index (χ0v) is 12.0. The van der Waals surface area contributed by atoms with Crippen LogP contribution in [0.1, 0.15) is 24.8 Å². The summed E-state index contributed by atoms with van der Waals surface area (Å²) in [4.78, 5) is 4.44. The van der Waals surface area contributed by atoms with E-state index in [1.165, 1.54) is 19.3 Å². The Morgan fingerprint density at radius 2 is 2.07 bits per heavy atom. The van der Waals surface area contributed by atoms with Gasteiger partial charge in [-0.1, -0.05) is 0 Å². The average molecular weight is 333 g/mol. The molecule has 0 aliphatic heterocycles. The maximum atomic E-state index is 9.81. The predicted octanol–water partition coefficient (Wildman–Crippen LogP) is -0.584. The van der Waals surface area contributed by atoms with E-state index in [0.717, 1.165) is 14.5 Å². The third-order valence-electron chi connectivity index (χ3n) is 2.60. The van der Waals surface area contributed by atoms with Gasteiger partial charge >= 0.3 is 106 Å². The van der Waals surface area contributed by atoms with E-state index in [1.807, 2.05) is 12.1 Å². The molecule has 2 rings (SSSR count). The third-order valence-corrected chi connectivity index (χ3v) is 3.86.